The normalized spacial score (nSPS) is 12.4. The maximum atomic E-state index is 9.88. The van der Waals surface area contributed by atoms with Crippen LogP contribution < -0.4 is 0 Å². The number of hydrogen-bond donors (Lipinski definition) is 2. The number of benzene rings is 2. The Balaban J connectivity index is 1.89. The molecule has 2 aromatic carbocycles. The molecule has 2 nitrogen and oxygen atoms in total. The molecule has 130 valence electrons. The first-order valence-corrected chi connectivity index (χ1v) is 8.86. The van der Waals surface area contributed by atoms with Gasteiger partial charge in [-0.1, -0.05) is 37.6 Å². The predicted molar refractivity (Wildman–Crippen MR) is 101 cm³/mol. The summed E-state index contributed by atoms with van der Waals surface area (Å²) in [7, 11) is 0. The molecule has 0 aromatic heterocycles. The summed E-state index contributed by atoms with van der Waals surface area (Å²) in [5.41, 5.74) is 6.48. The molecular formula is C22H30O2. The van der Waals surface area contributed by atoms with Gasteiger partial charge in [-0.05, 0) is 86.3 Å². The molecule has 1 atom stereocenters. The van der Waals surface area contributed by atoms with Crippen molar-refractivity contribution in [1.29, 1.82) is 0 Å². The molecule has 0 bridgehead atoms. The second kappa shape index (κ2) is 7.74. The van der Waals surface area contributed by atoms with Gasteiger partial charge in [0.25, 0.3) is 0 Å². The zero-order valence-electron chi connectivity index (χ0n) is 15.6. The molecule has 0 radical (unpaired) electrons. The summed E-state index contributed by atoms with van der Waals surface area (Å²) in [6.07, 6.45) is 4.44. The number of phenols is 2. The molecule has 0 amide bonds. The van der Waals surface area contributed by atoms with E-state index in [1.807, 2.05) is 27.7 Å². The molecule has 0 fully saturated rings. The van der Waals surface area contributed by atoms with Crippen molar-refractivity contribution in [2.45, 2.75) is 60.3 Å². The molecular weight excluding hydrogens is 296 g/mol. The van der Waals surface area contributed by atoms with Crippen LogP contribution in [0.2, 0.25) is 0 Å². The topological polar surface area (TPSA) is 40.5 Å². The molecule has 1 unspecified atom stereocenters. The first-order valence-electron chi connectivity index (χ1n) is 8.86. The zero-order valence-corrected chi connectivity index (χ0v) is 15.6. The third-order valence-corrected chi connectivity index (χ3v) is 4.85. The first kappa shape index (κ1) is 18.4. The Labute approximate surface area is 146 Å². The van der Waals surface area contributed by atoms with E-state index in [0.717, 1.165) is 41.5 Å². The van der Waals surface area contributed by atoms with Gasteiger partial charge in [-0.25, -0.2) is 0 Å². The molecule has 2 N–H and O–H groups in total. The fourth-order valence-corrected chi connectivity index (χ4v) is 3.51. The maximum Gasteiger partial charge on any atom is 0.121 e. The lowest BCUT2D eigenvalue weighted by Gasteiger charge is -2.14. The lowest BCUT2D eigenvalue weighted by molar-refractivity contribution is 0.465. The molecule has 0 saturated heterocycles. The minimum atomic E-state index is 0.421. The van der Waals surface area contributed by atoms with Crippen LogP contribution in [0.1, 0.15) is 53.1 Å². The van der Waals surface area contributed by atoms with Gasteiger partial charge < -0.3 is 10.2 Å². The van der Waals surface area contributed by atoms with Crippen molar-refractivity contribution in [3.8, 4) is 11.5 Å². The van der Waals surface area contributed by atoms with Gasteiger partial charge in [-0.15, -0.1) is 0 Å². The van der Waals surface area contributed by atoms with Crippen molar-refractivity contribution in [1.82, 2.24) is 0 Å². The monoisotopic (exact) mass is 326 g/mol. The summed E-state index contributed by atoms with van der Waals surface area (Å²) >= 11 is 0. The van der Waals surface area contributed by atoms with E-state index >= 15 is 0 Å². The minimum Gasteiger partial charge on any atom is -0.507 e. The Bertz CT molecular complexity index is 670. The van der Waals surface area contributed by atoms with Crippen molar-refractivity contribution < 1.29 is 10.2 Å². The van der Waals surface area contributed by atoms with Crippen molar-refractivity contribution in [2.24, 2.45) is 5.92 Å². The number of rotatable bonds is 6. The molecule has 2 heteroatoms. The average Bonchev–Trinajstić information content (AvgIpc) is 2.50. The van der Waals surface area contributed by atoms with Crippen LogP contribution in [0, 0.1) is 33.6 Å². The zero-order chi connectivity index (χ0) is 17.9. The minimum absolute atomic E-state index is 0.421. The summed E-state index contributed by atoms with van der Waals surface area (Å²) in [5, 5.41) is 19.7. The van der Waals surface area contributed by atoms with Gasteiger partial charge in [0.1, 0.15) is 11.5 Å². The molecule has 0 saturated carbocycles. The summed E-state index contributed by atoms with van der Waals surface area (Å²) in [5.74, 6) is 1.46. The van der Waals surface area contributed by atoms with Crippen molar-refractivity contribution >= 4 is 0 Å². The lowest BCUT2D eigenvalue weighted by atomic mass is 9.92. The van der Waals surface area contributed by atoms with Gasteiger partial charge >= 0.3 is 0 Å². The van der Waals surface area contributed by atoms with Crippen LogP contribution in [0.5, 0.6) is 11.5 Å². The second-order valence-corrected chi connectivity index (χ2v) is 7.36. The smallest absolute Gasteiger partial charge is 0.121 e. The van der Waals surface area contributed by atoms with Crippen LogP contribution in [0.15, 0.2) is 24.3 Å². The van der Waals surface area contributed by atoms with Crippen LogP contribution in [0.25, 0.3) is 0 Å². The summed E-state index contributed by atoms with van der Waals surface area (Å²) < 4.78 is 0. The van der Waals surface area contributed by atoms with Gasteiger partial charge in [0.05, 0.1) is 0 Å². The van der Waals surface area contributed by atoms with Crippen LogP contribution in [-0.2, 0) is 12.8 Å². The fraction of sp³-hybridized carbons (Fsp3) is 0.455. The Hall–Kier alpha value is -1.96. The highest BCUT2D eigenvalue weighted by Crippen LogP contribution is 2.26. The third kappa shape index (κ3) is 4.53. The largest absolute Gasteiger partial charge is 0.507 e. The van der Waals surface area contributed by atoms with Crippen molar-refractivity contribution in [2.75, 3.05) is 0 Å². The van der Waals surface area contributed by atoms with Gasteiger partial charge in [-0.2, -0.15) is 0 Å². The van der Waals surface area contributed by atoms with E-state index in [0.29, 0.717) is 17.4 Å². The molecule has 0 spiro atoms. The summed E-state index contributed by atoms with van der Waals surface area (Å²) in [4.78, 5) is 0. The summed E-state index contributed by atoms with van der Waals surface area (Å²) in [6.45, 7) is 10.1. The molecule has 2 aromatic rings. The Kier molecular flexibility index (Phi) is 5.93. The molecule has 0 aliphatic carbocycles. The highest BCUT2D eigenvalue weighted by atomic mass is 16.3. The number of aryl methyl sites for hydroxylation is 5. The van der Waals surface area contributed by atoms with E-state index in [9.17, 15) is 10.2 Å². The second-order valence-electron chi connectivity index (χ2n) is 7.36. The van der Waals surface area contributed by atoms with Crippen molar-refractivity contribution in [3.05, 3.63) is 57.6 Å². The highest BCUT2D eigenvalue weighted by Gasteiger charge is 2.09. The highest BCUT2D eigenvalue weighted by molar-refractivity contribution is 5.43. The molecule has 0 aliphatic heterocycles. The molecule has 0 aliphatic rings. The average molecular weight is 326 g/mol. The Morgan fingerprint density at radius 1 is 0.750 bits per heavy atom. The van der Waals surface area contributed by atoms with Gasteiger partial charge in [0, 0.05) is 0 Å². The molecule has 0 heterocycles. The maximum absolute atomic E-state index is 9.88. The SMILES string of the molecule is Cc1cc(CCCC(C)Cc2cc(C)c(O)c(C)c2)cc(C)c1O. The fourth-order valence-electron chi connectivity index (χ4n) is 3.51. The van der Waals surface area contributed by atoms with E-state index in [1.165, 1.54) is 17.5 Å². The van der Waals surface area contributed by atoms with Crippen LogP contribution in [-0.4, -0.2) is 10.2 Å². The van der Waals surface area contributed by atoms with Crippen LogP contribution in [0.4, 0.5) is 0 Å². The molecule has 24 heavy (non-hydrogen) atoms. The first-order chi connectivity index (χ1) is 11.3. The van der Waals surface area contributed by atoms with Crippen molar-refractivity contribution in [3.63, 3.8) is 0 Å². The van der Waals surface area contributed by atoms with E-state index in [4.69, 9.17) is 0 Å². The molecule has 2 rings (SSSR count). The number of phenolic OH excluding ortho intramolecular Hbond substituents is 2. The van der Waals surface area contributed by atoms with Crippen LogP contribution >= 0.6 is 0 Å². The van der Waals surface area contributed by atoms with E-state index in [-0.39, 0.29) is 0 Å². The Morgan fingerprint density at radius 2 is 1.17 bits per heavy atom. The van der Waals surface area contributed by atoms with E-state index in [2.05, 4.69) is 31.2 Å². The van der Waals surface area contributed by atoms with E-state index < -0.39 is 0 Å². The quantitative estimate of drug-likeness (QED) is 0.732. The number of aromatic hydroxyl groups is 2. The van der Waals surface area contributed by atoms with Crippen LogP contribution in [0.3, 0.4) is 0 Å². The van der Waals surface area contributed by atoms with Gasteiger partial charge in [0.2, 0.25) is 0 Å². The number of hydrogen-bond acceptors (Lipinski definition) is 2. The van der Waals surface area contributed by atoms with E-state index in [1.54, 1.807) is 0 Å². The summed E-state index contributed by atoms with van der Waals surface area (Å²) in [6, 6.07) is 8.40. The predicted octanol–water partition coefficient (Wildman–Crippen LogP) is 5.53. The third-order valence-electron chi connectivity index (χ3n) is 4.85. The standard InChI is InChI=1S/C22H30O2/c1-14(9-20-12-17(4)22(24)18(5)13-20)7-6-8-19-10-15(2)21(23)16(3)11-19/h10-14,23-24H,6-9H2,1-5H3. The van der Waals surface area contributed by atoms with Gasteiger partial charge in [-0.3, -0.25) is 0 Å². The lowest BCUT2D eigenvalue weighted by Crippen LogP contribution is -2.02. The Morgan fingerprint density at radius 3 is 1.62 bits per heavy atom. The van der Waals surface area contributed by atoms with Gasteiger partial charge in [0.15, 0.2) is 0 Å².